The second-order valence-electron chi connectivity index (χ2n) is 10.6. The van der Waals surface area contributed by atoms with Gasteiger partial charge in [0.1, 0.15) is 24.1 Å². The zero-order valence-electron chi connectivity index (χ0n) is 24.3. The molecular formula is C34H31F2N5O3. The number of aromatic nitrogens is 5. The van der Waals surface area contributed by atoms with Crippen LogP contribution in [0.25, 0.3) is 22.3 Å². The van der Waals surface area contributed by atoms with Crippen molar-refractivity contribution in [1.29, 1.82) is 0 Å². The van der Waals surface area contributed by atoms with Crippen molar-refractivity contribution in [2.45, 2.75) is 46.3 Å². The van der Waals surface area contributed by atoms with E-state index in [9.17, 15) is 14.6 Å². The predicted octanol–water partition coefficient (Wildman–Crippen LogP) is 6.10. The third kappa shape index (κ3) is 6.08. The maximum Gasteiger partial charge on any atom is 0.214 e. The number of hydrogen-bond acceptors (Lipinski definition) is 6. The summed E-state index contributed by atoms with van der Waals surface area (Å²) >= 11 is 0. The van der Waals surface area contributed by atoms with Crippen molar-refractivity contribution in [3.63, 3.8) is 0 Å². The molecule has 0 aliphatic rings. The summed E-state index contributed by atoms with van der Waals surface area (Å²) in [6.07, 6.45) is 0.309. The van der Waals surface area contributed by atoms with Gasteiger partial charge < -0.3 is 19.5 Å². The third-order valence-corrected chi connectivity index (χ3v) is 7.58. The molecular weight excluding hydrogens is 564 g/mol. The van der Waals surface area contributed by atoms with Crippen LogP contribution in [0.2, 0.25) is 0 Å². The number of aliphatic hydroxyl groups excluding tert-OH is 1. The molecule has 0 unspecified atom stereocenters. The first-order valence-electron chi connectivity index (χ1n) is 14.3. The number of imidazole rings is 1. The van der Waals surface area contributed by atoms with Crippen molar-refractivity contribution >= 4 is 11.0 Å². The molecule has 0 atom stereocenters. The van der Waals surface area contributed by atoms with Gasteiger partial charge in [-0.15, -0.1) is 0 Å². The summed E-state index contributed by atoms with van der Waals surface area (Å²) in [7, 11) is 0. The molecule has 10 heteroatoms. The van der Waals surface area contributed by atoms with Gasteiger partial charge in [0.05, 0.1) is 29.0 Å². The van der Waals surface area contributed by atoms with E-state index >= 15 is 4.39 Å². The van der Waals surface area contributed by atoms with Gasteiger partial charge in [-0.05, 0) is 61.4 Å². The number of aryl methyl sites for hydroxylation is 2. The monoisotopic (exact) mass is 595 g/mol. The largest absolute Gasteiger partial charge is 0.473 e. The van der Waals surface area contributed by atoms with Crippen molar-refractivity contribution < 1.29 is 23.7 Å². The van der Waals surface area contributed by atoms with Crippen LogP contribution in [0.4, 0.5) is 8.78 Å². The van der Waals surface area contributed by atoms with E-state index in [1.807, 2.05) is 35.2 Å². The van der Waals surface area contributed by atoms with Crippen molar-refractivity contribution in [3.8, 4) is 17.1 Å². The molecule has 0 bridgehead atoms. The fraction of sp³-hybridized carbons (Fsp3) is 0.206. The highest BCUT2D eigenvalue weighted by Gasteiger charge is 2.18. The molecule has 3 aromatic heterocycles. The Morgan fingerprint density at radius 3 is 2.48 bits per heavy atom. The number of fused-ring (bicyclic) bond motifs is 1. The van der Waals surface area contributed by atoms with E-state index in [4.69, 9.17) is 9.72 Å². The lowest BCUT2D eigenvalue weighted by molar-refractivity contribution is -0.0424. The van der Waals surface area contributed by atoms with Crippen molar-refractivity contribution in [2.24, 2.45) is 0 Å². The maximum absolute atomic E-state index is 15.6. The molecule has 0 saturated heterocycles. The van der Waals surface area contributed by atoms with Crippen LogP contribution in [0, 0.1) is 18.6 Å². The number of ether oxygens (including phenoxy) is 1. The van der Waals surface area contributed by atoms with Gasteiger partial charge in [-0.1, -0.05) is 36.4 Å². The molecule has 8 nitrogen and oxygen atoms in total. The topological polar surface area (TPSA) is 98.2 Å². The molecule has 3 aromatic carbocycles. The standard InChI is InChI=1S/C34H31F2N5O3/c1-3-41-26(13-14-37-41)19-40-31-17-24(34(42)43)11-12-30(31)38-32(40)18-22-9-10-23(16-28(22)36)29-5-4-6-33(39-29)44-20-25-8-7-21(2)15-27(25)35/h4-17,34,42-43H,3,18-20H2,1-2H3. The summed E-state index contributed by atoms with van der Waals surface area (Å²) in [6, 6.07) is 22.1. The number of halogens is 2. The molecule has 0 fully saturated rings. The van der Waals surface area contributed by atoms with E-state index in [2.05, 4.69) is 10.1 Å². The van der Waals surface area contributed by atoms with E-state index in [-0.39, 0.29) is 18.8 Å². The van der Waals surface area contributed by atoms with Gasteiger partial charge in [0.15, 0.2) is 6.29 Å². The van der Waals surface area contributed by atoms with E-state index in [1.165, 1.54) is 12.1 Å². The van der Waals surface area contributed by atoms with E-state index in [0.717, 1.165) is 11.3 Å². The minimum Gasteiger partial charge on any atom is -0.473 e. The molecule has 44 heavy (non-hydrogen) atoms. The zero-order valence-corrected chi connectivity index (χ0v) is 24.3. The molecule has 6 aromatic rings. The van der Waals surface area contributed by atoms with Crippen LogP contribution in [0.5, 0.6) is 5.88 Å². The van der Waals surface area contributed by atoms with Gasteiger partial charge in [-0.2, -0.15) is 5.10 Å². The van der Waals surface area contributed by atoms with Crippen LogP contribution >= 0.6 is 0 Å². The minimum atomic E-state index is -1.63. The number of benzene rings is 3. The highest BCUT2D eigenvalue weighted by Crippen LogP contribution is 2.27. The van der Waals surface area contributed by atoms with Gasteiger partial charge in [0.25, 0.3) is 0 Å². The van der Waals surface area contributed by atoms with Crippen molar-refractivity contribution in [3.05, 3.63) is 130 Å². The molecule has 0 radical (unpaired) electrons. The second kappa shape index (κ2) is 12.4. The van der Waals surface area contributed by atoms with Crippen molar-refractivity contribution in [2.75, 3.05) is 0 Å². The molecule has 3 heterocycles. The minimum absolute atomic E-state index is 0.0225. The third-order valence-electron chi connectivity index (χ3n) is 7.58. The number of hydrogen-bond donors (Lipinski definition) is 2. The first-order chi connectivity index (χ1) is 21.3. The van der Waals surface area contributed by atoms with Gasteiger partial charge in [-0.3, -0.25) is 4.68 Å². The molecule has 6 rings (SSSR count). The zero-order chi connectivity index (χ0) is 30.8. The Labute approximate surface area is 252 Å². The Morgan fingerprint density at radius 2 is 1.70 bits per heavy atom. The van der Waals surface area contributed by atoms with Crippen LogP contribution in [0.15, 0.2) is 85.1 Å². The molecule has 2 N–H and O–H groups in total. The number of nitrogens with zero attached hydrogens (tertiary/aromatic N) is 5. The lowest BCUT2D eigenvalue weighted by Gasteiger charge is -2.13. The number of rotatable bonds is 10. The lowest BCUT2D eigenvalue weighted by Crippen LogP contribution is -2.11. The van der Waals surface area contributed by atoms with Crippen LogP contribution in [-0.2, 0) is 26.1 Å². The summed E-state index contributed by atoms with van der Waals surface area (Å²) in [6.45, 7) is 4.95. The fourth-order valence-electron chi connectivity index (χ4n) is 5.20. The van der Waals surface area contributed by atoms with Gasteiger partial charge >= 0.3 is 0 Å². The summed E-state index contributed by atoms with van der Waals surface area (Å²) in [5.74, 6) is 0.173. The van der Waals surface area contributed by atoms with E-state index in [1.54, 1.807) is 60.8 Å². The van der Waals surface area contributed by atoms with Crippen LogP contribution < -0.4 is 4.74 Å². The quantitative estimate of drug-likeness (QED) is 0.186. The average Bonchev–Trinajstić information content (AvgIpc) is 3.61. The Balaban J connectivity index is 1.27. The highest BCUT2D eigenvalue weighted by atomic mass is 19.1. The summed E-state index contributed by atoms with van der Waals surface area (Å²) in [5.41, 5.74) is 5.44. The van der Waals surface area contributed by atoms with Crippen LogP contribution in [0.1, 0.15) is 47.0 Å². The average molecular weight is 596 g/mol. The number of aliphatic hydroxyl groups is 2. The molecule has 0 aliphatic heterocycles. The summed E-state index contributed by atoms with van der Waals surface area (Å²) < 4.78 is 39.4. The smallest absolute Gasteiger partial charge is 0.214 e. The first kappa shape index (κ1) is 29.2. The van der Waals surface area contributed by atoms with Gasteiger partial charge in [0, 0.05) is 41.9 Å². The van der Waals surface area contributed by atoms with E-state index < -0.39 is 12.1 Å². The molecule has 224 valence electrons. The summed E-state index contributed by atoms with van der Waals surface area (Å²) in [4.78, 5) is 9.29. The second-order valence-corrected chi connectivity index (χ2v) is 10.6. The Morgan fingerprint density at radius 1 is 0.886 bits per heavy atom. The molecule has 0 amide bonds. The van der Waals surface area contributed by atoms with Crippen molar-refractivity contribution in [1.82, 2.24) is 24.3 Å². The van der Waals surface area contributed by atoms with Gasteiger partial charge in [0.2, 0.25) is 5.88 Å². The molecule has 0 saturated carbocycles. The van der Waals surface area contributed by atoms with Crippen LogP contribution in [0.3, 0.4) is 0 Å². The normalized spacial score (nSPS) is 11.5. The molecule has 0 aliphatic carbocycles. The Bertz CT molecular complexity index is 1950. The predicted molar refractivity (Wildman–Crippen MR) is 162 cm³/mol. The van der Waals surface area contributed by atoms with Crippen LogP contribution in [-0.4, -0.2) is 34.5 Å². The summed E-state index contributed by atoms with van der Waals surface area (Å²) in [5, 5.41) is 23.9. The van der Waals surface area contributed by atoms with Gasteiger partial charge in [-0.25, -0.2) is 18.7 Å². The maximum atomic E-state index is 15.6. The lowest BCUT2D eigenvalue weighted by atomic mass is 10.1. The molecule has 0 spiro atoms. The Kier molecular flexibility index (Phi) is 8.19. The SMILES string of the molecule is CCn1nccc1Cn1c(Cc2ccc(-c3cccc(OCc4ccc(C)cc4F)n3)cc2F)nc2ccc(C(O)O)cc21. The first-order valence-corrected chi connectivity index (χ1v) is 14.3. The fourth-order valence-corrected chi connectivity index (χ4v) is 5.20. The number of pyridine rings is 1. The Hall–Kier alpha value is -4.93. The highest BCUT2D eigenvalue weighted by molar-refractivity contribution is 5.77. The van der Waals surface area contributed by atoms with E-state index in [0.29, 0.717) is 63.8 Å².